The van der Waals surface area contributed by atoms with Gasteiger partial charge < -0.3 is 4.74 Å². The van der Waals surface area contributed by atoms with E-state index in [9.17, 15) is 13.2 Å². The average Bonchev–Trinajstić information content (AvgIpc) is 3.24. The molecule has 2 rings (SSSR count). The highest BCUT2D eigenvalue weighted by molar-refractivity contribution is 8.08. The van der Waals surface area contributed by atoms with Gasteiger partial charge in [0.05, 0.1) is 18.4 Å². The summed E-state index contributed by atoms with van der Waals surface area (Å²) in [5.41, 5.74) is 2.39. The number of methoxy groups -OCH3 is 1. The second-order valence-corrected chi connectivity index (χ2v) is 7.95. The number of hydrazone groups is 1. The molecule has 0 aliphatic heterocycles. The standard InChI is InChI=1S/C13H8N4O4S3/c1-21-13(18)12-11(8(5-14)7-23-12)17-16-9(6-15)24(19,20)10-3-2-4-22-10/h2-4,7,17H,1H3/b16-9+. The maximum atomic E-state index is 12.3. The normalized spacial score (nSPS) is 11.4. The Kier molecular flexibility index (Phi) is 5.31. The van der Waals surface area contributed by atoms with E-state index < -0.39 is 20.9 Å². The van der Waals surface area contributed by atoms with Gasteiger partial charge in [-0.2, -0.15) is 15.6 Å². The molecule has 0 aliphatic rings. The van der Waals surface area contributed by atoms with Gasteiger partial charge in [-0.15, -0.1) is 22.7 Å². The highest BCUT2D eigenvalue weighted by Gasteiger charge is 2.25. The van der Waals surface area contributed by atoms with Gasteiger partial charge in [0.25, 0.3) is 5.04 Å². The van der Waals surface area contributed by atoms with Crippen LogP contribution in [-0.2, 0) is 14.6 Å². The Hall–Kier alpha value is -2.73. The van der Waals surface area contributed by atoms with Crippen LogP contribution in [0.5, 0.6) is 0 Å². The molecule has 0 spiro atoms. The largest absolute Gasteiger partial charge is 0.465 e. The lowest BCUT2D eigenvalue weighted by Gasteiger charge is -2.03. The summed E-state index contributed by atoms with van der Waals surface area (Å²) in [7, 11) is -2.90. The predicted octanol–water partition coefficient (Wildman–Crippen LogP) is 2.19. The number of nitriles is 2. The van der Waals surface area contributed by atoms with Gasteiger partial charge >= 0.3 is 5.97 Å². The summed E-state index contributed by atoms with van der Waals surface area (Å²) in [6.07, 6.45) is 0. The molecule has 122 valence electrons. The summed E-state index contributed by atoms with van der Waals surface area (Å²) in [6.45, 7) is 0. The third kappa shape index (κ3) is 3.28. The molecule has 0 atom stereocenters. The van der Waals surface area contributed by atoms with Gasteiger partial charge in [-0.3, -0.25) is 5.43 Å². The van der Waals surface area contributed by atoms with E-state index >= 15 is 0 Å². The van der Waals surface area contributed by atoms with Crippen LogP contribution in [0.1, 0.15) is 15.2 Å². The van der Waals surface area contributed by atoms with Crippen LogP contribution in [0, 0.1) is 22.7 Å². The first-order valence-electron chi connectivity index (χ1n) is 6.08. The first-order valence-corrected chi connectivity index (χ1v) is 9.32. The van der Waals surface area contributed by atoms with Crippen molar-refractivity contribution in [3.05, 3.63) is 33.3 Å². The van der Waals surface area contributed by atoms with E-state index in [1.165, 1.54) is 30.7 Å². The molecule has 0 bridgehead atoms. The molecule has 24 heavy (non-hydrogen) atoms. The number of hydrogen-bond donors (Lipinski definition) is 1. The molecule has 0 saturated heterocycles. The van der Waals surface area contributed by atoms with Crippen LogP contribution in [0.15, 0.2) is 32.2 Å². The zero-order chi connectivity index (χ0) is 17.7. The molecule has 0 radical (unpaired) electrons. The fraction of sp³-hybridized carbons (Fsp3) is 0.0769. The van der Waals surface area contributed by atoms with E-state index in [0.29, 0.717) is 0 Å². The fourth-order valence-corrected chi connectivity index (χ4v) is 4.51. The van der Waals surface area contributed by atoms with Gasteiger partial charge in [0.2, 0.25) is 9.84 Å². The van der Waals surface area contributed by atoms with Crippen molar-refractivity contribution in [1.82, 2.24) is 0 Å². The highest BCUT2D eigenvalue weighted by Crippen LogP contribution is 2.29. The molecular weight excluding hydrogens is 372 g/mol. The van der Waals surface area contributed by atoms with Gasteiger partial charge in [-0.05, 0) is 11.4 Å². The highest BCUT2D eigenvalue weighted by atomic mass is 32.2. The molecule has 11 heteroatoms. The number of carbonyl (C=O) groups excluding carboxylic acids is 1. The molecule has 0 unspecified atom stereocenters. The number of carbonyl (C=O) groups is 1. The summed E-state index contributed by atoms with van der Waals surface area (Å²) in [5.74, 6) is -0.709. The van der Waals surface area contributed by atoms with Crippen molar-refractivity contribution >= 4 is 49.2 Å². The van der Waals surface area contributed by atoms with E-state index in [4.69, 9.17) is 10.5 Å². The maximum Gasteiger partial charge on any atom is 0.350 e. The zero-order valence-corrected chi connectivity index (χ0v) is 14.5. The van der Waals surface area contributed by atoms with Gasteiger partial charge in [-0.1, -0.05) is 6.07 Å². The molecule has 2 aromatic rings. The number of rotatable bonds is 4. The number of esters is 1. The Morgan fingerprint density at radius 3 is 2.67 bits per heavy atom. The number of anilines is 1. The molecular formula is C13H8N4O4S3. The van der Waals surface area contributed by atoms with Crippen molar-refractivity contribution in [3.63, 3.8) is 0 Å². The van der Waals surface area contributed by atoms with Gasteiger partial charge in [0.1, 0.15) is 21.2 Å². The van der Waals surface area contributed by atoms with Crippen LogP contribution in [0.2, 0.25) is 0 Å². The Bertz CT molecular complexity index is 976. The minimum atomic E-state index is -4.07. The molecule has 2 aromatic heterocycles. The minimum absolute atomic E-state index is 0.0107. The molecule has 0 aromatic carbocycles. The average molecular weight is 380 g/mol. The summed E-state index contributed by atoms with van der Waals surface area (Å²) in [6, 6.07) is 6.22. The second kappa shape index (κ2) is 7.23. The zero-order valence-electron chi connectivity index (χ0n) is 12.0. The van der Waals surface area contributed by atoms with Gasteiger partial charge in [0, 0.05) is 5.38 Å². The maximum absolute atomic E-state index is 12.3. The lowest BCUT2D eigenvalue weighted by molar-refractivity contribution is 0.0607. The van der Waals surface area contributed by atoms with Crippen LogP contribution in [0.25, 0.3) is 0 Å². The summed E-state index contributed by atoms with van der Waals surface area (Å²) in [5, 5.41) is 23.9. The second-order valence-electron chi connectivity index (χ2n) is 4.03. The van der Waals surface area contributed by atoms with Crippen molar-refractivity contribution in [1.29, 1.82) is 10.5 Å². The molecule has 2 heterocycles. The molecule has 1 N–H and O–H groups in total. The monoisotopic (exact) mass is 380 g/mol. The van der Waals surface area contributed by atoms with E-state index in [-0.39, 0.29) is 20.3 Å². The SMILES string of the molecule is COC(=O)c1scc(C#N)c1N/N=C(\C#N)S(=O)(=O)c1cccs1. The Balaban J connectivity index is 2.43. The first-order chi connectivity index (χ1) is 11.5. The van der Waals surface area contributed by atoms with Crippen LogP contribution in [0.4, 0.5) is 5.69 Å². The van der Waals surface area contributed by atoms with Crippen molar-refractivity contribution in [3.8, 4) is 12.1 Å². The van der Waals surface area contributed by atoms with E-state index in [2.05, 4.69) is 15.3 Å². The number of nitrogens with zero attached hydrogens (tertiary/aromatic N) is 3. The quantitative estimate of drug-likeness (QED) is 0.372. The number of hydrogen-bond acceptors (Lipinski definition) is 10. The minimum Gasteiger partial charge on any atom is -0.465 e. The van der Waals surface area contributed by atoms with Gasteiger partial charge in [-0.25, -0.2) is 13.2 Å². The van der Waals surface area contributed by atoms with Crippen LogP contribution in [0.3, 0.4) is 0 Å². The van der Waals surface area contributed by atoms with Crippen molar-refractivity contribution in [2.75, 3.05) is 12.5 Å². The Labute approximate surface area is 145 Å². The topological polar surface area (TPSA) is 132 Å². The summed E-state index contributed by atoms with van der Waals surface area (Å²) >= 11 is 1.88. The Morgan fingerprint density at radius 2 is 2.12 bits per heavy atom. The van der Waals surface area contributed by atoms with Crippen molar-refractivity contribution in [2.45, 2.75) is 4.21 Å². The Morgan fingerprint density at radius 1 is 1.38 bits per heavy atom. The molecule has 0 aliphatic carbocycles. The number of ether oxygens (including phenoxy) is 1. The molecule has 0 saturated carbocycles. The van der Waals surface area contributed by atoms with Crippen LogP contribution >= 0.6 is 22.7 Å². The van der Waals surface area contributed by atoms with E-state index in [1.807, 2.05) is 6.07 Å². The fourth-order valence-electron chi connectivity index (χ4n) is 1.56. The lowest BCUT2D eigenvalue weighted by atomic mass is 10.3. The first kappa shape index (κ1) is 17.6. The lowest BCUT2D eigenvalue weighted by Crippen LogP contribution is -2.14. The van der Waals surface area contributed by atoms with E-state index in [0.717, 1.165) is 22.7 Å². The van der Waals surface area contributed by atoms with E-state index in [1.54, 1.807) is 5.38 Å². The predicted molar refractivity (Wildman–Crippen MR) is 88.5 cm³/mol. The van der Waals surface area contributed by atoms with Crippen LogP contribution < -0.4 is 5.43 Å². The van der Waals surface area contributed by atoms with Crippen LogP contribution in [-0.4, -0.2) is 26.5 Å². The smallest absolute Gasteiger partial charge is 0.350 e. The summed E-state index contributed by atoms with van der Waals surface area (Å²) < 4.78 is 29.1. The number of nitrogens with one attached hydrogen (secondary N) is 1. The third-order valence-electron chi connectivity index (χ3n) is 2.66. The number of thiophene rings is 2. The third-order valence-corrected chi connectivity index (χ3v) is 6.59. The molecule has 8 nitrogen and oxygen atoms in total. The summed E-state index contributed by atoms with van der Waals surface area (Å²) in [4.78, 5) is 11.7. The molecule has 0 amide bonds. The van der Waals surface area contributed by atoms with Gasteiger partial charge in [0.15, 0.2) is 0 Å². The molecule has 0 fully saturated rings. The van der Waals surface area contributed by atoms with Crippen molar-refractivity contribution in [2.24, 2.45) is 5.10 Å². The van der Waals surface area contributed by atoms with Crippen molar-refractivity contribution < 1.29 is 17.9 Å². The number of sulfone groups is 1.